The summed E-state index contributed by atoms with van der Waals surface area (Å²) in [6, 6.07) is 10.4. The highest BCUT2D eigenvalue weighted by Gasteiger charge is 2.38. The van der Waals surface area contributed by atoms with E-state index in [1.54, 1.807) is 28.8 Å². The Hall–Kier alpha value is -1.74. The fraction of sp³-hybridized carbons (Fsp3) is 0.278. The molecule has 0 spiro atoms. The molecule has 2 aromatic heterocycles. The Morgan fingerprint density at radius 1 is 1.12 bits per heavy atom. The summed E-state index contributed by atoms with van der Waals surface area (Å²) >= 11 is 2.83. The van der Waals surface area contributed by atoms with Gasteiger partial charge in [0.1, 0.15) is 10.3 Å². The lowest BCUT2D eigenvalue weighted by molar-refractivity contribution is -0.120. The molecule has 1 aliphatic rings. The number of hydrogen-bond donors (Lipinski definition) is 1. The number of carbonyl (C=O) groups is 1. The molecule has 4 rings (SSSR count). The van der Waals surface area contributed by atoms with Crippen molar-refractivity contribution in [3.63, 3.8) is 0 Å². The number of thiophene rings is 2. The Morgan fingerprint density at radius 2 is 2.00 bits per heavy atom. The summed E-state index contributed by atoms with van der Waals surface area (Å²) in [6.45, 7) is 0.377. The number of hydrogen-bond acceptors (Lipinski definition) is 5. The molecule has 0 aliphatic carbocycles. The van der Waals surface area contributed by atoms with E-state index in [-0.39, 0.29) is 10.1 Å². The number of sulfonamides is 1. The van der Waals surface area contributed by atoms with Crippen LogP contribution in [0, 0.1) is 0 Å². The average Bonchev–Trinajstić information content (AvgIpc) is 3.33. The van der Waals surface area contributed by atoms with E-state index in [9.17, 15) is 13.2 Å². The highest BCUT2D eigenvalue weighted by molar-refractivity contribution is 7.91. The first kappa shape index (κ1) is 17.7. The van der Waals surface area contributed by atoms with Crippen molar-refractivity contribution in [2.75, 3.05) is 11.9 Å². The Morgan fingerprint density at radius 3 is 2.81 bits per heavy atom. The minimum atomic E-state index is -3.64. The summed E-state index contributed by atoms with van der Waals surface area (Å²) in [6.07, 6.45) is 2.16. The molecule has 0 saturated carbocycles. The van der Waals surface area contributed by atoms with Crippen molar-refractivity contribution >= 4 is 54.4 Å². The van der Waals surface area contributed by atoms with Crippen molar-refractivity contribution in [2.24, 2.45) is 0 Å². The minimum absolute atomic E-state index is 0.264. The number of nitrogens with one attached hydrogen (secondary N) is 1. The third kappa shape index (κ3) is 3.29. The molecule has 1 fully saturated rings. The molecule has 1 aliphatic heterocycles. The van der Waals surface area contributed by atoms with E-state index in [4.69, 9.17) is 0 Å². The zero-order valence-electron chi connectivity index (χ0n) is 13.9. The minimum Gasteiger partial charge on any atom is -0.325 e. The highest BCUT2D eigenvalue weighted by atomic mass is 32.2. The van der Waals surface area contributed by atoms with Gasteiger partial charge in [-0.05, 0) is 59.3 Å². The molecular formula is C18H18N2O3S3. The van der Waals surface area contributed by atoms with Crippen LogP contribution in [0.25, 0.3) is 10.1 Å². The van der Waals surface area contributed by atoms with E-state index in [0.29, 0.717) is 18.7 Å². The van der Waals surface area contributed by atoms with Crippen molar-refractivity contribution < 1.29 is 13.2 Å². The molecule has 1 aromatic carbocycles. The Balaban J connectivity index is 1.58. The highest BCUT2D eigenvalue weighted by Crippen LogP contribution is 2.29. The van der Waals surface area contributed by atoms with Gasteiger partial charge in [0.25, 0.3) is 10.0 Å². The smallest absolute Gasteiger partial charge is 0.253 e. The van der Waals surface area contributed by atoms with Gasteiger partial charge in [-0.3, -0.25) is 4.79 Å². The molecule has 136 valence electrons. The summed E-state index contributed by atoms with van der Waals surface area (Å²) in [4.78, 5) is 12.9. The van der Waals surface area contributed by atoms with Gasteiger partial charge >= 0.3 is 0 Å². The van der Waals surface area contributed by atoms with Gasteiger partial charge in [0.15, 0.2) is 0 Å². The number of carbonyl (C=O) groups excluding carboxylic acids is 1. The largest absolute Gasteiger partial charge is 0.325 e. The van der Waals surface area contributed by atoms with Crippen LogP contribution in [0.3, 0.4) is 0 Å². The monoisotopic (exact) mass is 406 g/mol. The van der Waals surface area contributed by atoms with Crippen LogP contribution < -0.4 is 5.32 Å². The van der Waals surface area contributed by atoms with E-state index < -0.39 is 16.1 Å². The molecule has 3 heterocycles. The number of benzene rings is 1. The molecule has 0 unspecified atom stereocenters. The zero-order valence-corrected chi connectivity index (χ0v) is 16.4. The second-order valence-corrected chi connectivity index (χ2v) is 10.2. The van der Waals surface area contributed by atoms with Crippen molar-refractivity contribution in [3.05, 3.63) is 47.2 Å². The van der Waals surface area contributed by atoms with E-state index in [1.165, 1.54) is 15.6 Å². The van der Waals surface area contributed by atoms with E-state index in [0.717, 1.165) is 22.9 Å². The normalized spacial score (nSPS) is 18.8. The molecular weight excluding hydrogens is 388 g/mol. The topological polar surface area (TPSA) is 66.5 Å². The maximum absolute atomic E-state index is 12.9. The van der Waals surface area contributed by atoms with Crippen LogP contribution in [0.2, 0.25) is 0 Å². The lowest BCUT2D eigenvalue weighted by atomic mass is 10.0. The third-order valence-electron chi connectivity index (χ3n) is 4.53. The first-order valence-corrected chi connectivity index (χ1v) is 11.6. The Bertz CT molecular complexity index is 1030. The fourth-order valence-electron chi connectivity index (χ4n) is 3.25. The van der Waals surface area contributed by atoms with E-state index in [1.807, 2.05) is 29.6 Å². The van der Waals surface area contributed by atoms with E-state index in [2.05, 4.69) is 5.32 Å². The number of piperidine rings is 1. The third-order valence-corrected chi connectivity index (χ3v) is 8.71. The van der Waals surface area contributed by atoms with Gasteiger partial charge in [-0.25, -0.2) is 8.42 Å². The summed E-state index contributed by atoms with van der Waals surface area (Å²) in [7, 11) is -3.64. The second kappa shape index (κ2) is 7.11. The van der Waals surface area contributed by atoms with Crippen LogP contribution in [0.15, 0.2) is 51.4 Å². The molecule has 0 bridgehead atoms. The van der Waals surface area contributed by atoms with Gasteiger partial charge in [-0.15, -0.1) is 22.7 Å². The fourth-order valence-corrected chi connectivity index (χ4v) is 6.80. The zero-order chi connectivity index (χ0) is 18.1. The lowest BCUT2D eigenvalue weighted by Gasteiger charge is -2.33. The van der Waals surface area contributed by atoms with Crippen molar-refractivity contribution in [1.29, 1.82) is 0 Å². The number of amides is 1. The summed E-state index contributed by atoms with van der Waals surface area (Å²) < 4.78 is 28.6. The molecule has 26 heavy (non-hydrogen) atoms. The molecule has 1 saturated heterocycles. The maximum Gasteiger partial charge on any atom is 0.253 e. The molecule has 1 atom stereocenters. The number of nitrogens with zero attached hydrogens (tertiary/aromatic N) is 1. The van der Waals surface area contributed by atoms with Gasteiger partial charge < -0.3 is 5.32 Å². The number of anilines is 1. The second-order valence-electron chi connectivity index (χ2n) is 6.22. The molecule has 3 aromatic rings. The molecule has 8 heteroatoms. The predicted octanol–water partition coefficient (Wildman–Crippen LogP) is 4.14. The Labute approximate surface area is 160 Å². The molecule has 1 amide bonds. The first-order valence-electron chi connectivity index (χ1n) is 8.39. The van der Waals surface area contributed by atoms with Gasteiger partial charge in [-0.1, -0.05) is 12.5 Å². The first-order chi connectivity index (χ1) is 12.6. The van der Waals surface area contributed by atoms with Crippen LogP contribution >= 0.6 is 22.7 Å². The van der Waals surface area contributed by atoms with Crippen molar-refractivity contribution in [1.82, 2.24) is 4.31 Å². The molecule has 0 radical (unpaired) electrons. The van der Waals surface area contributed by atoms with Gasteiger partial charge in [0.05, 0.1) is 0 Å². The lowest BCUT2D eigenvalue weighted by Crippen LogP contribution is -2.49. The molecule has 1 N–H and O–H groups in total. The number of rotatable bonds is 4. The van der Waals surface area contributed by atoms with Crippen LogP contribution in [-0.4, -0.2) is 31.2 Å². The Kier molecular flexibility index (Phi) is 4.83. The SMILES string of the molecule is O=C(Nc1ccc2sccc2c1)[C@H]1CCCCN1S(=O)(=O)c1cccs1. The van der Waals surface area contributed by atoms with Gasteiger partial charge in [0, 0.05) is 16.9 Å². The molecule has 5 nitrogen and oxygen atoms in total. The van der Waals surface area contributed by atoms with Crippen molar-refractivity contribution in [2.45, 2.75) is 29.5 Å². The van der Waals surface area contributed by atoms with E-state index >= 15 is 0 Å². The van der Waals surface area contributed by atoms with Crippen LogP contribution in [0.1, 0.15) is 19.3 Å². The van der Waals surface area contributed by atoms with Gasteiger partial charge in [-0.2, -0.15) is 4.31 Å². The van der Waals surface area contributed by atoms with Crippen LogP contribution in [0.5, 0.6) is 0 Å². The summed E-state index contributed by atoms with van der Waals surface area (Å²) in [5, 5.41) is 7.72. The van der Waals surface area contributed by atoms with Crippen molar-refractivity contribution in [3.8, 4) is 0 Å². The average molecular weight is 407 g/mol. The predicted molar refractivity (Wildman–Crippen MR) is 106 cm³/mol. The maximum atomic E-state index is 12.9. The van der Waals surface area contributed by atoms with Crippen LogP contribution in [0.4, 0.5) is 5.69 Å². The summed E-state index contributed by atoms with van der Waals surface area (Å²) in [5.74, 6) is -0.264. The standard InChI is InChI=1S/C18H18N2O3S3/c21-18(19-14-6-7-16-13(12-14)8-11-24-16)15-4-1-2-9-20(15)26(22,23)17-5-3-10-25-17/h3,5-8,10-12,15H,1-2,4,9H2,(H,19,21)/t15-/m1/s1. The van der Waals surface area contributed by atoms with Crippen LogP contribution in [-0.2, 0) is 14.8 Å². The quantitative estimate of drug-likeness (QED) is 0.708. The van der Waals surface area contributed by atoms with Gasteiger partial charge in [0.2, 0.25) is 5.91 Å². The number of fused-ring (bicyclic) bond motifs is 1. The summed E-state index contributed by atoms with van der Waals surface area (Å²) in [5.41, 5.74) is 0.694.